The highest BCUT2D eigenvalue weighted by Crippen LogP contribution is 2.44. The van der Waals surface area contributed by atoms with Gasteiger partial charge in [-0.1, -0.05) is 51.5 Å². The summed E-state index contributed by atoms with van der Waals surface area (Å²) < 4.78 is 0. The standard InChI is InChI=1S/C16H24OS/c1-4-5-13-6-8-14(9-7-13)16(17)10-15(2,3)11-18-12-16/h6-9,17H,4-5,10-12H2,1-3H3. The third-order valence-electron chi connectivity index (χ3n) is 3.63. The van der Waals surface area contributed by atoms with Gasteiger partial charge in [0.05, 0.1) is 5.60 Å². The van der Waals surface area contributed by atoms with E-state index in [9.17, 15) is 5.11 Å². The molecule has 1 N–H and O–H groups in total. The number of hydrogen-bond donors (Lipinski definition) is 1. The Balaban J connectivity index is 2.19. The summed E-state index contributed by atoms with van der Waals surface area (Å²) in [5.74, 6) is 1.97. The van der Waals surface area contributed by atoms with Crippen LogP contribution in [-0.4, -0.2) is 16.6 Å². The van der Waals surface area contributed by atoms with Crippen molar-refractivity contribution >= 4 is 11.8 Å². The highest BCUT2D eigenvalue weighted by atomic mass is 32.2. The van der Waals surface area contributed by atoms with Crippen LogP contribution >= 0.6 is 11.8 Å². The zero-order valence-corrected chi connectivity index (χ0v) is 12.5. The fraction of sp³-hybridized carbons (Fsp3) is 0.625. The molecule has 0 saturated carbocycles. The van der Waals surface area contributed by atoms with Crippen LogP contribution in [0.3, 0.4) is 0 Å². The predicted octanol–water partition coefficient (Wildman–Crippen LogP) is 3.99. The van der Waals surface area contributed by atoms with Gasteiger partial charge in [-0.3, -0.25) is 0 Å². The first kappa shape index (κ1) is 14.0. The fourth-order valence-corrected chi connectivity index (χ4v) is 4.21. The fourth-order valence-electron chi connectivity index (χ4n) is 2.85. The lowest BCUT2D eigenvalue weighted by atomic mass is 9.78. The second kappa shape index (κ2) is 5.26. The van der Waals surface area contributed by atoms with Crippen molar-refractivity contribution in [2.45, 2.75) is 45.6 Å². The summed E-state index contributed by atoms with van der Waals surface area (Å²) in [5, 5.41) is 10.9. The Morgan fingerprint density at radius 2 is 1.83 bits per heavy atom. The highest BCUT2D eigenvalue weighted by Gasteiger charge is 2.40. The van der Waals surface area contributed by atoms with Crippen molar-refractivity contribution in [1.29, 1.82) is 0 Å². The van der Waals surface area contributed by atoms with E-state index in [-0.39, 0.29) is 5.41 Å². The monoisotopic (exact) mass is 264 g/mol. The normalized spacial score (nSPS) is 27.1. The van der Waals surface area contributed by atoms with Crippen molar-refractivity contribution in [2.24, 2.45) is 5.41 Å². The van der Waals surface area contributed by atoms with E-state index in [0.717, 1.165) is 29.9 Å². The van der Waals surface area contributed by atoms with Crippen LogP contribution in [0.15, 0.2) is 24.3 Å². The van der Waals surface area contributed by atoms with Crippen molar-refractivity contribution in [2.75, 3.05) is 11.5 Å². The van der Waals surface area contributed by atoms with Crippen LogP contribution < -0.4 is 0 Å². The van der Waals surface area contributed by atoms with Gasteiger partial charge in [-0.05, 0) is 35.1 Å². The van der Waals surface area contributed by atoms with E-state index in [4.69, 9.17) is 0 Å². The number of thioether (sulfide) groups is 1. The van der Waals surface area contributed by atoms with E-state index >= 15 is 0 Å². The molecule has 1 fully saturated rings. The van der Waals surface area contributed by atoms with Crippen LogP contribution in [0.1, 0.15) is 44.7 Å². The minimum Gasteiger partial charge on any atom is -0.384 e. The van der Waals surface area contributed by atoms with Crippen LogP contribution in [0.2, 0.25) is 0 Å². The van der Waals surface area contributed by atoms with E-state index in [0.29, 0.717) is 0 Å². The lowest BCUT2D eigenvalue weighted by Crippen LogP contribution is -2.40. The van der Waals surface area contributed by atoms with Gasteiger partial charge in [-0.25, -0.2) is 0 Å². The first-order valence-electron chi connectivity index (χ1n) is 6.85. The van der Waals surface area contributed by atoms with Gasteiger partial charge >= 0.3 is 0 Å². The molecular formula is C16H24OS. The lowest BCUT2D eigenvalue weighted by Gasteiger charge is -2.41. The van der Waals surface area contributed by atoms with E-state index < -0.39 is 5.60 Å². The van der Waals surface area contributed by atoms with Crippen molar-refractivity contribution in [3.63, 3.8) is 0 Å². The average Bonchev–Trinajstić information content (AvgIpc) is 2.28. The minimum absolute atomic E-state index is 0.222. The number of aryl methyl sites for hydroxylation is 1. The van der Waals surface area contributed by atoms with Crippen LogP contribution in [0, 0.1) is 5.41 Å². The Labute approximate surface area is 115 Å². The Kier molecular flexibility index (Phi) is 4.08. The summed E-state index contributed by atoms with van der Waals surface area (Å²) in [7, 11) is 0. The van der Waals surface area contributed by atoms with Gasteiger partial charge in [-0.2, -0.15) is 11.8 Å². The molecule has 0 bridgehead atoms. The van der Waals surface area contributed by atoms with Crippen molar-refractivity contribution in [3.8, 4) is 0 Å². The molecule has 1 unspecified atom stereocenters. The third kappa shape index (κ3) is 3.10. The molecule has 0 radical (unpaired) electrons. The lowest BCUT2D eigenvalue weighted by molar-refractivity contribution is 0.0156. The number of hydrogen-bond acceptors (Lipinski definition) is 2. The van der Waals surface area contributed by atoms with Crippen LogP contribution in [0.25, 0.3) is 0 Å². The smallest absolute Gasteiger partial charge is 0.0991 e. The quantitative estimate of drug-likeness (QED) is 0.891. The molecule has 2 heteroatoms. The van der Waals surface area contributed by atoms with Gasteiger partial charge in [0.2, 0.25) is 0 Å². The molecule has 0 spiro atoms. The topological polar surface area (TPSA) is 20.2 Å². The number of aliphatic hydroxyl groups is 1. The van der Waals surface area contributed by atoms with E-state index in [1.807, 2.05) is 11.8 Å². The molecule has 0 aromatic heterocycles. The molecule has 100 valence electrons. The summed E-state index contributed by atoms with van der Waals surface area (Å²) >= 11 is 1.87. The Morgan fingerprint density at radius 1 is 1.17 bits per heavy atom. The summed E-state index contributed by atoms with van der Waals surface area (Å²) in [4.78, 5) is 0. The highest BCUT2D eigenvalue weighted by molar-refractivity contribution is 7.99. The molecule has 1 aromatic carbocycles. The molecular weight excluding hydrogens is 240 g/mol. The minimum atomic E-state index is -0.642. The summed E-state index contributed by atoms with van der Waals surface area (Å²) in [6.45, 7) is 6.69. The van der Waals surface area contributed by atoms with Gasteiger partial charge in [-0.15, -0.1) is 0 Å². The van der Waals surface area contributed by atoms with E-state index in [1.54, 1.807) is 0 Å². The molecule has 0 aliphatic carbocycles. The second-order valence-corrected chi connectivity index (χ2v) is 7.30. The molecule has 0 amide bonds. The van der Waals surface area contributed by atoms with Crippen molar-refractivity contribution in [1.82, 2.24) is 0 Å². The van der Waals surface area contributed by atoms with Crippen molar-refractivity contribution < 1.29 is 5.11 Å². The third-order valence-corrected chi connectivity index (χ3v) is 5.30. The zero-order chi connectivity index (χ0) is 13.2. The summed E-state index contributed by atoms with van der Waals surface area (Å²) in [5.41, 5.74) is 2.03. The Morgan fingerprint density at radius 3 is 2.39 bits per heavy atom. The number of benzene rings is 1. The molecule has 1 saturated heterocycles. The van der Waals surface area contributed by atoms with Gasteiger partial charge in [0.25, 0.3) is 0 Å². The zero-order valence-electron chi connectivity index (χ0n) is 11.7. The first-order chi connectivity index (χ1) is 8.45. The Bertz CT molecular complexity index is 396. The van der Waals surface area contributed by atoms with Crippen LogP contribution in [0.4, 0.5) is 0 Å². The van der Waals surface area contributed by atoms with E-state index in [1.165, 1.54) is 12.0 Å². The molecule has 1 heterocycles. The van der Waals surface area contributed by atoms with Gasteiger partial charge < -0.3 is 5.11 Å². The molecule has 1 aliphatic rings. The summed E-state index contributed by atoms with van der Waals surface area (Å²) in [6.07, 6.45) is 3.16. The predicted molar refractivity (Wildman–Crippen MR) is 80.1 cm³/mol. The maximum Gasteiger partial charge on any atom is 0.0991 e. The molecule has 1 aromatic rings. The Hall–Kier alpha value is -0.470. The maximum atomic E-state index is 10.9. The van der Waals surface area contributed by atoms with Crippen LogP contribution in [-0.2, 0) is 12.0 Å². The van der Waals surface area contributed by atoms with Crippen LogP contribution in [0.5, 0.6) is 0 Å². The molecule has 1 atom stereocenters. The maximum absolute atomic E-state index is 10.9. The summed E-state index contributed by atoms with van der Waals surface area (Å²) in [6, 6.07) is 8.58. The largest absolute Gasteiger partial charge is 0.384 e. The molecule has 18 heavy (non-hydrogen) atoms. The molecule has 2 rings (SSSR count). The van der Waals surface area contributed by atoms with E-state index in [2.05, 4.69) is 45.0 Å². The van der Waals surface area contributed by atoms with Crippen molar-refractivity contribution in [3.05, 3.63) is 35.4 Å². The average molecular weight is 264 g/mol. The van der Waals surface area contributed by atoms with Gasteiger partial charge in [0, 0.05) is 5.75 Å². The number of rotatable bonds is 3. The molecule has 1 aliphatic heterocycles. The second-order valence-electron chi connectivity index (χ2n) is 6.31. The van der Waals surface area contributed by atoms with Gasteiger partial charge in [0.1, 0.15) is 0 Å². The first-order valence-corrected chi connectivity index (χ1v) is 8.00. The molecule has 1 nitrogen and oxygen atoms in total. The SMILES string of the molecule is CCCc1ccc(C2(O)CSCC(C)(C)C2)cc1. The van der Waals surface area contributed by atoms with Gasteiger partial charge in [0.15, 0.2) is 0 Å².